The van der Waals surface area contributed by atoms with Gasteiger partial charge in [-0.3, -0.25) is 0 Å². The van der Waals surface area contributed by atoms with Gasteiger partial charge in [-0.2, -0.15) is 0 Å². The van der Waals surface area contributed by atoms with Crippen LogP contribution in [-0.4, -0.2) is 0 Å². The second kappa shape index (κ2) is 3.69. The monoisotopic (exact) mass is 209 g/mol. The van der Waals surface area contributed by atoms with Crippen molar-refractivity contribution < 1.29 is 0 Å². The SMILES string of the molecule is [CH2]CCc1csc2ccc(Cl)cc12. The van der Waals surface area contributed by atoms with Crippen molar-refractivity contribution in [3.05, 3.63) is 41.1 Å². The molecule has 2 heteroatoms. The molecular weight excluding hydrogens is 200 g/mol. The minimum absolute atomic E-state index is 0.816. The van der Waals surface area contributed by atoms with Crippen molar-refractivity contribution >= 4 is 33.0 Å². The third kappa shape index (κ3) is 1.72. The summed E-state index contributed by atoms with van der Waals surface area (Å²) in [6.07, 6.45) is 1.98. The number of thiophene rings is 1. The van der Waals surface area contributed by atoms with Crippen molar-refractivity contribution in [3.63, 3.8) is 0 Å². The third-order valence-electron chi connectivity index (χ3n) is 2.06. The molecule has 1 aromatic heterocycles. The van der Waals surface area contributed by atoms with Crippen LogP contribution in [0.3, 0.4) is 0 Å². The van der Waals surface area contributed by atoms with E-state index in [0.29, 0.717) is 0 Å². The predicted octanol–water partition coefficient (Wildman–Crippen LogP) is 4.32. The summed E-state index contributed by atoms with van der Waals surface area (Å²) < 4.78 is 1.31. The second-order valence-electron chi connectivity index (χ2n) is 3.00. The predicted molar refractivity (Wildman–Crippen MR) is 60.5 cm³/mol. The maximum atomic E-state index is 5.94. The van der Waals surface area contributed by atoms with E-state index in [2.05, 4.69) is 18.4 Å². The fraction of sp³-hybridized carbons (Fsp3) is 0.182. The molecule has 0 nitrogen and oxygen atoms in total. The lowest BCUT2D eigenvalue weighted by Crippen LogP contribution is -1.78. The van der Waals surface area contributed by atoms with Gasteiger partial charge in [-0.1, -0.05) is 18.5 Å². The van der Waals surface area contributed by atoms with Gasteiger partial charge in [0.05, 0.1) is 0 Å². The molecule has 2 rings (SSSR count). The van der Waals surface area contributed by atoms with Crippen LogP contribution in [0.5, 0.6) is 0 Å². The summed E-state index contributed by atoms with van der Waals surface area (Å²) in [4.78, 5) is 0. The molecule has 0 unspecified atom stereocenters. The van der Waals surface area contributed by atoms with Gasteiger partial charge in [-0.25, -0.2) is 0 Å². The number of hydrogen-bond donors (Lipinski definition) is 0. The molecule has 0 aliphatic rings. The Morgan fingerprint density at radius 1 is 1.38 bits per heavy atom. The molecule has 2 aromatic rings. The van der Waals surface area contributed by atoms with Gasteiger partial charge in [0.15, 0.2) is 0 Å². The summed E-state index contributed by atoms with van der Waals surface area (Å²) in [5, 5.41) is 4.31. The van der Waals surface area contributed by atoms with Gasteiger partial charge in [0.25, 0.3) is 0 Å². The highest BCUT2D eigenvalue weighted by atomic mass is 35.5. The smallest absolute Gasteiger partial charge is 0.0413 e. The Balaban J connectivity index is 2.58. The zero-order valence-electron chi connectivity index (χ0n) is 7.22. The minimum Gasteiger partial charge on any atom is -0.144 e. The van der Waals surface area contributed by atoms with Crippen LogP contribution < -0.4 is 0 Å². The molecule has 0 aliphatic carbocycles. The molecule has 0 saturated carbocycles. The molecule has 0 spiro atoms. The number of benzene rings is 1. The molecule has 0 aliphatic heterocycles. The largest absolute Gasteiger partial charge is 0.144 e. The second-order valence-corrected chi connectivity index (χ2v) is 4.35. The summed E-state index contributed by atoms with van der Waals surface area (Å²) in [6, 6.07) is 6.06. The Hall–Kier alpha value is -0.530. The highest BCUT2D eigenvalue weighted by Crippen LogP contribution is 2.29. The minimum atomic E-state index is 0.816. The van der Waals surface area contributed by atoms with Crippen LogP contribution in [0.2, 0.25) is 5.02 Å². The summed E-state index contributed by atoms with van der Waals surface area (Å²) >= 11 is 7.71. The Morgan fingerprint density at radius 3 is 3.00 bits per heavy atom. The molecule has 67 valence electrons. The lowest BCUT2D eigenvalue weighted by molar-refractivity contribution is 1.02. The van der Waals surface area contributed by atoms with Crippen molar-refractivity contribution in [2.45, 2.75) is 12.8 Å². The van der Waals surface area contributed by atoms with E-state index in [4.69, 9.17) is 11.6 Å². The van der Waals surface area contributed by atoms with Gasteiger partial charge in [0.2, 0.25) is 0 Å². The number of rotatable bonds is 2. The molecule has 1 heterocycles. The van der Waals surface area contributed by atoms with Gasteiger partial charge >= 0.3 is 0 Å². The normalized spacial score (nSPS) is 10.9. The van der Waals surface area contributed by atoms with Gasteiger partial charge < -0.3 is 0 Å². The first-order valence-electron chi connectivity index (χ1n) is 4.26. The van der Waals surface area contributed by atoms with Crippen LogP contribution in [0.15, 0.2) is 23.6 Å². The summed E-state index contributed by atoms with van der Waals surface area (Å²) in [5.74, 6) is 0. The molecule has 1 aromatic carbocycles. The van der Waals surface area contributed by atoms with Crippen molar-refractivity contribution in [3.8, 4) is 0 Å². The van der Waals surface area contributed by atoms with Gasteiger partial charge in [-0.05, 0) is 47.4 Å². The Morgan fingerprint density at radius 2 is 2.23 bits per heavy atom. The molecule has 0 fully saturated rings. The summed E-state index contributed by atoms with van der Waals surface area (Å²) in [5.41, 5.74) is 1.37. The fourth-order valence-electron chi connectivity index (χ4n) is 1.44. The van der Waals surface area contributed by atoms with Crippen molar-refractivity contribution in [1.29, 1.82) is 0 Å². The first-order chi connectivity index (χ1) is 6.31. The van der Waals surface area contributed by atoms with Crippen LogP contribution in [0.25, 0.3) is 10.1 Å². The zero-order valence-corrected chi connectivity index (χ0v) is 8.79. The molecule has 0 bridgehead atoms. The lowest BCUT2D eigenvalue weighted by atomic mass is 10.1. The molecule has 0 amide bonds. The molecule has 0 N–H and O–H groups in total. The fourth-order valence-corrected chi connectivity index (χ4v) is 2.59. The quantitative estimate of drug-likeness (QED) is 0.691. The van der Waals surface area contributed by atoms with Crippen LogP contribution in [0, 0.1) is 6.92 Å². The van der Waals surface area contributed by atoms with Gasteiger partial charge in [-0.15, -0.1) is 11.3 Å². The van der Waals surface area contributed by atoms with E-state index < -0.39 is 0 Å². The van der Waals surface area contributed by atoms with Gasteiger partial charge in [0, 0.05) is 9.72 Å². The van der Waals surface area contributed by atoms with Gasteiger partial charge in [0.1, 0.15) is 0 Å². The van der Waals surface area contributed by atoms with E-state index in [9.17, 15) is 0 Å². The van der Waals surface area contributed by atoms with Crippen LogP contribution in [-0.2, 0) is 6.42 Å². The van der Waals surface area contributed by atoms with Crippen molar-refractivity contribution in [1.82, 2.24) is 0 Å². The number of aryl methyl sites for hydroxylation is 1. The highest BCUT2D eigenvalue weighted by Gasteiger charge is 2.02. The Kier molecular flexibility index (Phi) is 2.56. The Bertz CT molecular complexity index is 417. The summed E-state index contributed by atoms with van der Waals surface area (Å²) in [6.45, 7) is 3.86. The lowest BCUT2D eigenvalue weighted by Gasteiger charge is -1.96. The number of hydrogen-bond acceptors (Lipinski definition) is 1. The van der Waals surface area contributed by atoms with Crippen LogP contribution in [0.4, 0.5) is 0 Å². The molecule has 13 heavy (non-hydrogen) atoms. The van der Waals surface area contributed by atoms with Crippen LogP contribution in [0.1, 0.15) is 12.0 Å². The average Bonchev–Trinajstić information content (AvgIpc) is 2.49. The van der Waals surface area contributed by atoms with E-state index in [0.717, 1.165) is 17.9 Å². The molecule has 1 radical (unpaired) electrons. The van der Waals surface area contributed by atoms with Crippen molar-refractivity contribution in [2.75, 3.05) is 0 Å². The summed E-state index contributed by atoms with van der Waals surface area (Å²) in [7, 11) is 0. The maximum Gasteiger partial charge on any atom is 0.0413 e. The Labute approximate surface area is 87.2 Å². The topological polar surface area (TPSA) is 0 Å². The first-order valence-corrected chi connectivity index (χ1v) is 5.52. The number of halogens is 1. The van der Waals surface area contributed by atoms with Crippen LogP contribution >= 0.6 is 22.9 Å². The molecule has 0 saturated heterocycles. The maximum absolute atomic E-state index is 5.94. The first kappa shape index (κ1) is 9.04. The van der Waals surface area contributed by atoms with E-state index in [1.807, 2.05) is 12.1 Å². The third-order valence-corrected chi connectivity index (χ3v) is 3.31. The highest BCUT2D eigenvalue weighted by molar-refractivity contribution is 7.17. The number of fused-ring (bicyclic) bond motifs is 1. The van der Waals surface area contributed by atoms with E-state index in [1.54, 1.807) is 11.3 Å². The van der Waals surface area contributed by atoms with Crippen molar-refractivity contribution in [2.24, 2.45) is 0 Å². The zero-order chi connectivity index (χ0) is 9.26. The molecule has 0 atom stereocenters. The molecular formula is C11H10ClS. The van der Waals surface area contributed by atoms with E-state index in [1.165, 1.54) is 15.6 Å². The average molecular weight is 210 g/mol. The standard InChI is InChI=1S/C11H10ClS/c1-2-3-8-7-13-11-5-4-9(12)6-10(8)11/h4-7H,1-3H2. The van der Waals surface area contributed by atoms with E-state index >= 15 is 0 Å². The van der Waals surface area contributed by atoms with E-state index in [-0.39, 0.29) is 0 Å².